The molecule has 1 aromatic carbocycles. The predicted octanol–water partition coefficient (Wildman–Crippen LogP) is 2.08. The zero-order valence-corrected chi connectivity index (χ0v) is 11.9. The summed E-state index contributed by atoms with van der Waals surface area (Å²) in [5.41, 5.74) is 7.66. The topological polar surface area (TPSA) is 75.0 Å². The van der Waals surface area contributed by atoms with Gasteiger partial charge >= 0.3 is 0 Å². The molecule has 0 aliphatic rings. The molecule has 0 fully saturated rings. The zero-order valence-electron chi connectivity index (χ0n) is 11.9. The number of nitrogens with zero attached hydrogens (tertiary/aromatic N) is 2. The van der Waals surface area contributed by atoms with Gasteiger partial charge in [0.25, 0.3) is 5.56 Å². The number of hydrogen-bond acceptors (Lipinski definition) is 4. The number of rotatable bonds is 5. The van der Waals surface area contributed by atoms with E-state index in [4.69, 9.17) is 5.73 Å². The number of aromatic amines is 1. The molecular weight excluding hydrogens is 252 g/mol. The summed E-state index contributed by atoms with van der Waals surface area (Å²) in [6, 6.07) is 9.29. The molecule has 3 N–H and O–H groups in total. The van der Waals surface area contributed by atoms with Crippen LogP contribution in [0.3, 0.4) is 0 Å². The molecule has 5 nitrogen and oxygen atoms in total. The Kier molecular flexibility index (Phi) is 4.40. The van der Waals surface area contributed by atoms with E-state index in [9.17, 15) is 4.79 Å². The van der Waals surface area contributed by atoms with Crippen LogP contribution in [0.5, 0.6) is 0 Å². The van der Waals surface area contributed by atoms with Crippen molar-refractivity contribution in [3.05, 3.63) is 52.1 Å². The number of aromatic nitrogens is 2. The van der Waals surface area contributed by atoms with E-state index < -0.39 is 0 Å². The van der Waals surface area contributed by atoms with E-state index >= 15 is 0 Å². The van der Waals surface area contributed by atoms with Crippen molar-refractivity contribution in [2.24, 2.45) is 0 Å². The molecule has 0 aliphatic carbocycles. The summed E-state index contributed by atoms with van der Waals surface area (Å²) in [6.45, 7) is 5.36. The van der Waals surface area contributed by atoms with Crippen molar-refractivity contribution in [3.63, 3.8) is 0 Å². The molecule has 5 heteroatoms. The third kappa shape index (κ3) is 3.38. The Labute approximate surface area is 118 Å². The summed E-state index contributed by atoms with van der Waals surface area (Å²) in [5, 5.41) is 0. The maximum absolute atomic E-state index is 11.6. The number of nitrogens with two attached hydrogens (primary N) is 1. The van der Waals surface area contributed by atoms with Gasteiger partial charge in [0.05, 0.1) is 0 Å². The molecule has 0 spiro atoms. The van der Waals surface area contributed by atoms with Gasteiger partial charge in [-0.2, -0.15) is 0 Å². The van der Waals surface area contributed by atoms with E-state index in [2.05, 4.69) is 21.8 Å². The Morgan fingerprint density at radius 1 is 1.35 bits per heavy atom. The zero-order chi connectivity index (χ0) is 14.5. The number of anilines is 2. The first-order valence-corrected chi connectivity index (χ1v) is 6.76. The average Bonchev–Trinajstić information content (AvgIpc) is 2.39. The van der Waals surface area contributed by atoms with Crippen molar-refractivity contribution in [2.75, 3.05) is 17.2 Å². The molecule has 0 unspecified atom stereocenters. The van der Waals surface area contributed by atoms with E-state index in [1.54, 1.807) is 6.92 Å². The summed E-state index contributed by atoms with van der Waals surface area (Å²) in [7, 11) is 0. The molecule has 0 saturated heterocycles. The van der Waals surface area contributed by atoms with Crippen molar-refractivity contribution in [3.8, 4) is 0 Å². The lowest BCUT2D eigenvalue weighted by atomic mass is 10.1. The number of benzene rings is 1. The van der Waals surface area contributed by atoms with Crippen molar-refractivity contribution < 1.29 is 0 Å². The van der Waals surface area contributed by atoms with Gasteiger partial charge < -0.3 is 15.6 Å². The Morgan fingerprint density at radius 2 is 2.10 bits per heavy atom. The fourth-order valence-corrected chi connectivity index (χ4v) is 2.15. The fourth-order valence-electron chi connectivity index (χ4n) is 2.15. The van der Waals surface area contributed by atoms with Gasteiger partial charge in [-0.25, -0.2) is 4.98 Å². The molecule has 20 heavy (non-hydrogen) atoms. The van der Waals surface area contributed by atoms with Crippen LogP contribution in [0, 0.1) is 6.92 Å². The fraction of sp³-hybridized carbons (Fsp3) is 0.333. The van der Waals surface area contributed by atoms with Crippen molar-refractivity contribution in [1.82, 2.24) is 9.97 Å². The molecule has 0 amide bonds. The van der Waals surface area contributed by atoms with Crippen LogP contribution >= 0.6 is 0 Å². The smallest absolute Gasteiger partial charge is 0.252 e. The highest BCUT2D eigenvalue weighted by atomic mass is 16.1. The molecule has 2 aromatic rings. The van der Waals surface area contributed by atoms with Crippen molar-refractivity contribution in [1.29, 1.82) is 0 Å². The molecule has 0 aliphatic heterocycles. The summed E-state index contributed by atoms with van der Waals surface area (Å²) in [4.78, 5) is 20.7. The van der Waals surface area contributed by atoms with Crippen molar-refractivity contribution in [2.45, 2.75) is 26.8 Å². The molecule has 1 aromatic heterocycles. The quantitative estimate of drug-likeness (QED) is 0.817. The number of para-hydroxylation sites is 1. The van der Waals surface area contributed by atoms with Crippen LogP contribution in [0.1, 0.15) is 24.7 Å². The van der Waals surface area contributed by atoms with Gasteiger partial charge in [-0.15, -0.1) is 0 Å². The Hall–Kier alpha value is -2.30. The van der Waals surface area contributed by atoms with Crippen LogP contribution in [0.2, 0.25) is 0 Å². The highest BCUT2D eigenvalue weighted by Crippen LogP contribution is 2.17. The number of aryl methyl sites for hydroxylation is 1. The maximum atomic E-state index is 11.6. The second-order valence-electron chi connectivity index (χ2n) is 4.81. The van der Waals surface area contributed by atoms with E-state index in [-0.39, 0.29) is 5.56 Å². The summed E-state index contributed by atoms with van der Waals surface area (Å²) in [6.07, 6.45) is 0.972. The second-order valence-corrected chi connectivity index (χ2v) is 4.81. The second kappa shape index (κ2) is 6.23. The lowest BCUT2D eigenvalue weighted by molar-refractivity contribution is 0.748. The number of nitrogens with one attached hydrogen (secondary N) is 1. The highest BCUT2D eigenvalue weighted by molar-refractivity contribution is 5.49. The number of nitrogen functional groups attached to an aromatic ring is 1. The normalized spacial score (nSPS) is 10.5. The van der Waals surface area contributed by atoms with Gasteiger partial charge in [0.15, 0.2) is 0 Å². The van der Waals surface area contributed by atoms with Crippen LogP contribution < -0.4 is 16.2 Å². The van der Waals surface area contributed by atoms with Crippen LogP contribution in [-0.2, 0) is 6.54 Å². The third-order valence-electron chi connectivity index (χ3n) is 3.08. The largest absolute Gasteiger partial charge is 0.398 e. The number of H-pyrrole nitrogens is 1. The molecule has 2 rings (SSSR count). The lowest BCUT2D eigenvalue weighted by Crippen LogP contribution is -2.27. The predicted molar refractivity (Wildman–Crippen MR) is 81.8 cm³/mol. The number of hydrogen-bond donors (Lipinski definition) is 2. The van der Waals surface area contributed by atoms with Crippen LogP contribution in [0.25, 0.3) is 0 Å². The molecule has 0 radical (unpaired) electrons. The van der Waals surface area contributed by atoms with E-state index in [1.807, 2.05) is 24.3 Å². The van der Waals surface area contributed by atoms with Crippen LogP contribution in [0.15, 0.2) is 35.1 Å². The molecule has 0 saturated carbocycles. The Balaban J connectivity index is 2.31. The standard InChI is InChI=1S/C15H20N4O/c1-3-8-19(10-12-6-4-5-7-13(12)16)14-9-15(20)18-11(2)17-14/h4-7,9H,3,8,10,16H2,1-2H3,(H,17,18,20). The monoisotopic (exact) mass is 272 g/mol. The van der Waals surface area contributed by atoms with Gasteiger partial charge in [-0.3, -0.25) is 4.79 Å². The molecule has 106 valence electrons. The van der Waals surface area contributed by atoms with E-state index in [0.29, 0.717) is 18.2 Å². The van der Waals surface area contributed by atoms with Gasteiger partial charge in [0.2, 0.25) is 0 Å². The maximum Gasteiger partial charge on any atom is 0.252 e. The third-order valence-corrected chi connectivity index (χ3v) is 3.08. The molecule has 1 heterocycles. The lowest BCUT2D eigenvalue weighted by Gasteiger charge is -2.24. The van der Waals surface area contributed by atoms with E-state index in [0.717, 1.165) is 24.2 Å². The average molecular weight is 272 g/mol. The Bertz CT molecular complexity index is 636. The van der Waals surface area contributed by atoms with Gasteiger partial charge in [-0.1, -0.05) is 25.1 Å². The highest BCUT2D eigenvalue weighted by Gasteiger charge is 2.11. The first-order chi connectivity index (χ1) is 9.60. The van der Waals surface area contributed by atoms with Gasteiger partial charge in [0.1, 0.15) is 11.6 Å². The SMILES string of the molecule is CCCN(Cc1ccccc1N)c1cc(=O)[nH]c(C)n1. The van der Waals surface area contributed by atoms with Gasteiger partial charge in [-0.05, 0) is 25.0 Å². The summed E-state index contributed by atoms with van der Waals surface area (Å²) < 4.78 is 0. The minimum atomic E-state index is -0.130. The van der Waals surface area contributed by atoms with Crippen LogP contribution in [0.4, 0.5) is 11.5 Å². The van der Waals surface area contributed by atoms with Gasteiger partial charge in [0, 0.05) is 24.8 Å². The van der Waals surface area contributed by atoms with Crippen LogP contribution in [-0.4, -0.2) is 16.5 Å². The first-order valence-electron chi connectivity index (χ1n) is 6.76. The summed E-state index contributed by atoms with van der Waals surface area (Å²) in [5.74, 6) is 1.31. The minimum absolute atomic E-state index is 0.130. The Morgan fingerprint density at radius 3 is 2.75 bits per heavy atom. The van der Waals surface area contributed by atoms with Crippen molar-refractivity contribution >= 4 is 11.5 Å². The summed E-state index contributed by atoms with van der Waals surface area (Å²) >= 11 is 0. The minimum Gasteiger partial charge on any atom is -0.398 e. The van der Waals surface area contributed by atoms with E-state index in [1.165, 1.54) is 6.07 Å². The molecular formula is C15H20N4O. The first kappa shape index (κ1) is 14.1. The molecule has 0 atom stereocenters. The molecule has 0 bridgehead atoms.